The SMILES string of the molecule is O=C(c1ccnc(NCCc2ccc(F)cc2)c1)N1CCC2(CC1)OCCO2. The summed E-state index contributed by atoms with van der Waals surface area (Å²) < 4.78 is 24.4. The van der Waals surface area contributed by atoms with Crippen LogP contribution in [0.4, 0.5) is 10.2 Å². The molecule has 2 aliphatic heterocycles. The zero-order chi connectivity index (χ0) is 19.4. The Morgan fingerprint density at radius 3 is 2.57 bits per heavy atom. The van der Waals surface area contributed by atoms with Gasteiger partial charge >= 0.3 is 0 Å². The average Bonchev–Trinajstić information content (AvgIpc) is 3.18. The molecule has 1 spiro atoms. The van der Waals surface area contributed by atoms with E-state index in [1.807, 2.05) is 4.90 Å². The number of aromatic nitrogens is 1. The number of rotatable bonds is 5. The maximum atomic E-state index is 13.0. The quantitative estimate of drug-likeness (QED) is 0.858. The number of halogens is 1. The molecule has 2 aromatic rings. The van der Waals surface area contributed by atoms with Gasteiger partial charge in [0, 0.05) is 44.2 Å². The van der Waals surface area contributed by atoms with Gasteiger partial charge in [0.25, 0.3) is 5.91 Å². The first-order valence-electron chi connectivity index (χ1n) is 9.65. The van der Waals surface area contributed by atoms with Gasteiger partial charge in [0.05, 0.1) is 13.2 Å². The Kier molecular flexibility index (Phi) is 5.54. The van der Waals surface area contributed by atoms with Gasteiger partial charge in [0.2, 0.25) is 0 Å². The van der Waals surface area contributed by atoms with E-state index in [4.69, 9.17) is 9.47 Å². The molecule has 0 atom stereocenters. The second-order valence-corrected chi connectivity index (χ2v) is 7.13. The highest BCUT2D eigenvalue weighted by Gasteiger charge is 2.40. The van der Waals surface area contributed by atoms with Crippen LogP contribution < -0.4 is 5.32 Å². The van der Waals surface area contributed by atoms with E-state index in [9.17, 15) is 9.18 Å². The highest BCUT2D eigenvalue weighted by Crippen LogP contribution is 2.31. The van der Waals surface area contributed by atoms with Gasteiger partial charge in [0.1, 0.15) is 11.6 Å². The van der Waals surface area contributed by atoms with Crippen molar-refractivity contribution in [2.45, 2.75) is 25.0 Å². The Balaban J connectivity index is 1.31. The van der Waals surface area contributed by atoms with Crippen molar-refractivity contribution < 1.29 is 18.7 Å². The molecule has 0 unspecified atom stereocenters. The van der Waals surface area contributed by atoms with Crippen LogP contribution in [0.25, 0.3) is 0 Å². The van der Waals surface area contributed by atoms with Crippen molar-refractivity contribution in [2.75, 3.05) is 38.2 Å². The minimum Gasteiger partial charge on any atom is -0.370 e. The van der Waals surface area contributed by atoms with Crippen LogP contribution in [-0.2, 0) is 15.9 Å². The summed E-state index contributed by atoms with van der Waals surface area (Å²) in [5.74, 6) is -0.0674. The molecular formula is C21H24FN3O3. The minimum atomic E-state index is -0.484. The van der Waals surface area contributed by atoms with Crippen molar-refractivity contribution in [3.05, 3.63) is 59.5 Å². The van der Waals surface area contributed by atoms with Gasteiger partial charge in [-0.1, -0.05) is 12.1 Å². The largest absolute Gasteiger partial charge is 0.370 e. The van der Waals surface area contributed by atoms with E-state index < -0.39 is 5.79 Å². The van der Waals surface area contributed by atoms with E-state index in [1.165, 1.54) is 12.1 Å². The van der Waals surface area contributed by atoms with Gasteiger partial charge < -0.3 is 19.7 Å². The Hall–Kier alpha value is -2.51. The summed E-state index contributed by atoms with van der Waals surface area (Å²) in [6.45, 7) is 3.15. The number of nitrogens with zero attached hydrogens (tertiary/aromatic N) is 2. The summed E-state index contributed by atoms with van der Waals surface area (Å²) in [6, 6.07) is 9.96. The fourth-order valence-corrected chi connectivity index (χ4v) is 3.66. The van der Waals surface area contributed by atoms with Crippen LogP contribution in [0.5, 0.6) is 0 Å². The molecule has 2 fully saturated rings. The van der Waals surface area contributed by atoms with Crippen molar-refractivity contribution in [3.63, 3.8) is 0 Å². The number of hydrogen-bond acceptors (Lipinski definition) is 5. The summed E-state index contributed by atoms with van der Waals surface area (Å²) in [4.78, 5) is 19.0. The maximum Gasteiger partial charge on any atom is 0.254 e. The number of hydrogen-bond donors (Lipinski definition) is 1. The second-order valence-electron chi connectivity index (χ2n) is 7.13. The molecule has 0 radical (unpaired) electrons. The normalized spacial score (nSPS) is 18.4. The molecule has 1 amide bonds. The molecule has 28 heavy (non-hydrogen) atoms. The average molecular weight is 385 g/mol. The lowest BCUT2D eigenvalue weighted by Crippen LogP contribution is -2.47. The summed E-state index contributed by atoms with van der Waals surface area (Å²) >= 11 is 0. The van der Waals surface area contributed by atoms with E-state index >= 15 is 0 Å². The number of amides is 1. The molecule has 2 aliphatic rings. The molecule has 1 N–H and O–H groups in total. The smallest absolute Gasteiger partial charge is 0.254 e. The molecule has 1 aromatic carbocycles. The van der Waals surface area contributed by atoms with Crippen LogP contribution in [0.1, 0.15) is 28.8 Å². The van der Waals surface area contributed by atoms with Crippen molar-refractivity contribution in [2.24, 2.45) is 0 Å². The predicted molar refractivity (Wildman–Crippen MR) is 103 cm³/mol. The Bertz CT molecular complexity index is 812. The van der Waals surface area contributed by atoms with Crippen molar-refractivity contribution in [1.82, 2.24) is 9.88 Å². The molecule has 2 saturated heterocycles. The van der Waals surface area contributed by atoms with Gasteiger partial charge in [-0.3, -0.25) is 4.79 Å². The molecular weight excluding hydrogens is 361 g/mol. The second kappa shape index (κ2) is 8.24. The topological polar surface area (TPSA) is 63.7 Å². The number of piperidine rings is 1. The van der Waals surface area contributed by atoms with Gasteiger partial charge in [-0.15, -0.1) is 0 Å². The third-order valence-electron chi connectivity index (χ3n) is 5.27. The molecule has 7 heteroatoms. The first-order valence-corrected chi connectivity index (χ1v) is 9.65. The van der Waals surface area contributed by atoms with Gasteiger partial charge in [-0.25, -0.2) is 9.37 Å². The number of ether oxygens (including phenoxy) is 2. The Labute approximate surface area is 163 Å². The highest BCUT2D eigenvalue weighted by atomic mass is 19.1. The first-order chi connectivity index (χ1) is 13.6. The molecule has 0 saturated carbocycles. The van der Waals surface area contributed by atoms with Crippen LogP contribution in [-0.4, -0.2) is 54.4 Å². The minimum absolute atomic E-state index is 0.00293. The number of likely N-dealkylation sites (tertiary alicyclic amines) is 1. The summed E-state index contributed by atoms with van der Waals surface area (Å²) in [5, 5.41) is 3.23. The van der Waals surface area contributed by atoms with Gasteiger partial charge in [-0.2, -0.15) is 0 Å². The molecule has 0 bridgehead atoms. The predicted octanol–water partition coefficient (Wildman–Crippen LogP) is 2.85. The Morgan fingerprint density at radius 2 is 1.86 bits per heavy atom. The van der Waals surface area contributed by atoms with Crippen LogP contribution in [0.15, 0.2) is 42.6 Å². The third kappa shape index (κ3) is 4.31. The third-order valence-corrected chi connectivity index (χ3v) is 5.27. The lowest BCUT2D eigenvalue weighted by atomic mass is 10.0. The summed E-state index contributed by atoms with van der Waals surface area (Å²) in [6.07, 6.45) is 3.79. The number of benzene rings is 1. The lowest BCUT2D eigenvalue weighted by Gasteiger charge is -2.37. The summed E-state index contributed by atoms with van der Waals surface area (Å²) in [7, 11) is 0. The van der Waals surface area contributed by atoms with E-state index in [0.29, 0.717) is 57.1 Å². The lowest BCUT2D eigenvalue weighted by molar-refractivity contribution is -0.181. The van der Waals surface area contributed by atoms with E-state index in [2.05, 4.69) is 10.3 Å². The van der Waals surface area contributed by atoms with E-state index in [-0.39, 0.29) is 11.7 Å². The Morgan fingerprint density at radius 1 is 1.14 bits per heavy atom. The standard InChI is InChI=1S/C21H24FN3O3/c22-18-3-1-16(2-4-18)5-9-23-19-15-17(6-10-24-19)20(26)25-11-7-21(8-12-25)27-13-14-28-21/h1-4,6,10,15H,5,7-9,11-14H2,(H,23,24). The fourth-order valence-electron chi connectivity index (χ4n) is 3.66. The van der Waals surface area contributed by atoms with Crippen molar-refractivity contribution >= 4 is 11.7 Å². The van der Waals surface area contributed by atoms with Crippen LogP contribution in [0.3, 0.4) is 0 Å². The molecule has 3 heterocycles. The maximum absolute atomic E-state index is 13.0. The van der Waals surface area contributed by atoms with Crippen molar-refractivity contribution in [3.8, 4) is 0 Å². The monoisotopic (exact) mass is 385 g/mol. The van der Waals surface area contributed by atoms with Crippen LogP contribution >= 0.6 is 0 Å². The van der Waals surface area contributed by atoms with Crippen LogP contribution in [0.2, 0.25) is 0 Å². The summed E-state index contributed by atoms with van der Waals surface area (Å²) in [5.41, 5.74) is 1.66. The molecule has 0 aliphatic carbocycles. The molecule has 148 valence electrons. The highest BCUT2D eigenvalue weighted by molar-refractivity contribution is 5.94. The zero-order valence-electron chi connectivity index (χ0n) is 15.7. The van der Waals surface area contributed by atoms with Crippen LogP contribution in [0, 0.1) is 5.82 Å². The number of nitrogens with one attached hydrogen (secondary N) is 1. The first kappa shape index (κ1) is 18.8. The fraction of sp³-hybridized carbons (Fsp3) is 0.429. The van der Waals surface area contributed by atoms with Crippen molar-refractivity contribution in [1.29, 1.82) is 0 Å². The molecule has 6 nitrogen and oxygen atoms in total. The molecule has 1 aromatic heterocycles. The van der Waals surface area contributed by atoms with Gasteiger partial charge in [-0.05, 0) is 36.2 Å². The molecule has 4 rings (SSSR count). The number of carbonyl (C=O) groups is 1. The van der Waals surface area contributed by atoms with Gasteiger partial charge in [0.15, 0.2) is 5.79 Å². The number of carbonyl (C=O) groups excluding carboxylic acids is 1. The van der Waals surface area contributed by atoms with E-state index in [0.717, 1.165) is 12.0 Å². The van der Waals surface area contributed by atoms with E-state index in [1.54, 1.807) is 30.5 Å². The number of pyridine rings is 1. The zero-order valence-corrected chi connectivity index (χ0v) is 15.7. The number of anilines is 1.